The summed E-state index contributed by atoms with van der Waals surface area (Å²) >= 11 is 0. The zero-order valence-corrected chi connectivity index (χ0v) is 18.9. The number of fused-ring (bicyclic) bond motifs is 1. The lowest BCUT2D eigenvalue weighted by molar-refractivity contribution is -0.316. The van der Waals surface area contributed by atoms with E-state index in [0.29, 0.717) is 6.42 Å². The molecule has 0 aromatic heterocycles. The predicted octanol–water partition coefficient (Wildman–Crippen LogP) is 1.98. The molecule has 1 saturated heterocycles. The highest BCUT2D eigenvalue weighted by atomic mass is 16.7. The fourth-order valence-electron chi connectivity index (χ4n) is 5.37. The average Bonchev–Trinajstić information content (AvgIpc) is 3.02. The highest BCUT2D eigenvalue weighted by Crippen LogP contribution is 2.53. The summed E-state index contributed by atoms with van der Waals surface area (Å²) in [7, 11) is 0. The van der Waals surface area contributed by atoms with E-state index in [1.54, 1.807) is 20.8 Å². The number of ether oxygens (including phenoxy) is 1. The number of nitrogens with one attached hydrogen (secondary N) is 1. The van der Waals surface area contributed by atoms with Gasteiger partial charge >= 0.3 is 6.09 Å². The summed E-state index contributed by atoms with van der Waals surface area (Å²) in [5.41, 5.74) is -1.46. The number of hydrogen-bond donors (Lipinski definition) is 2. The molecule has 0 aromatic carbocycles. The number of carbonyl (C=O) groups is 2. The van der Waals surface area contributed by atoms with Gasteiger partial charge in [0, 0.05) is 17.8 Å². The van der Waals surface area contributed by atoms with Crippen LogP contribution in [0.4, 0.5) is 4.79 Å². The topological polar surface area (TPSA) is 117 Å². The molecule has 5 atom stereocenters. The summed E-state index contributed by atoms with van der Waals surface area (Å²) in [6, 6.07) is -0.201. The fraction of sp³-hybridized carbons (Fsp3) is 0.905. The molecule has 0 bridgehead atoms. The van der Waals surface area contributed by atoms with Crippen molar-refractivity contribution in [3.63, 3.8) is 0 Å². The largest absolute Gasteiger partial charge is 0.550 e. The first kappa shape index (κ1) is 23.9. The number of carboxylic acids is 1. The van der Waals surface area contributed by atoms with Gasteiger partial charge in [-0.3, -0.25) is 4.84 Å². The van der Waals surface area contributed by atoms with Crippen molar-refractivity contribution in [3.8, 4) is 0 Å². The molecule has 1 aliphatic carbocycles. The van der Waals surface area contributed by atoms with Gasteiger partial charge in [-0.2, -0.15) is 0 Å². The van der Waals surface area contributed by atoms with Crippen molar-refractivity contribution < 1.29 is 24.3 Å². The Morgan fingerprint density at radius 3 is 2.34 bits per heavy atom. The van der Waals surface area contributed by atoms with Crippen LogP contribution in [0.3, 0.4) is 0 Å². The maximum atomic E-state index is 12.8. The van der Waals surface area contributed by atoms with Gasteiger partial charge in [0.05, 0.1) is 17.7 Å². The average molecular weight is 413 g/mol. The monoisotopic (exact) mass is 412 g/mol. The zero-order chi connectivity index (χ0) is 22.1. The number of hydrogen-bond acceptors (Lipinski definition) is 7. The Morgan fingerprint density at radius 2 is 1.90 bits per heavy atom. The number of nitrogens with zero attached hydrogens (tertiary/aromatic N) is 1. The summed E-state index contributed by atoms with van der Waals surface area (Å²) in [5, 5.41) is 16.4. The second-order valence-corrected chi connectivity index (χ2v) is 10.0. The zero-order valence-electron chi connectivity index (χ0n) is 18.9. The van der Waals surface area contributed by atoms with Crippen molar-refractivity contribution in [1.29, 1.82) is 0 Å². The first-order valence-corrected chi connectivity index (χ1v) is 10.8. The van der Waals surface area contributed by atoms with Gasteiger partial charge in [0.25, 0.3) is 0 Å². The SMILES string of the molecule is CCC(CC)C1[C@@H]2C(ON1N)[C@@H](C(=O)[O-])C[C@@]2(CC(C)C)NC(=O)OC(C)(C)C. The van der Waals surface area contributed by atoms with E-state index in [1.807, 2.05) is 0 Å². The Balaban J connectivity index is 2.50. The van der Waals surface area contributed by atoms with Crippen molar-refractivity contribution in [2.24, 2.45) is 29.5 Å². The van der Waals surface area contributed by atoms with Crippen molar-refractivity contribution in [2.75, 3.05) is 0 Å². The summed E-state index contributed by atoms with van der Waals surface area (Å²) in [4.78, 5) is 30.6. The lowest BCUT2D eigenvalue weighted by Gasteiger charge is -2.42. The summed E-state index contributed by atoms with van der Waals surface area (Å²) in [6.07, 6.45) is 1.42. The third-order valence-corrected chi connectivity index (χ3v) is 6.23. The molecule has 3 N–H and O–H groups in total. The van der Waals surface area contributed by atoms with Gasteiger partial charge in [0.1, 0.15) is 5.60 Å². The van der Waals surface area contributed by atoms with Crippen LogP contribution in [-0.4, -0.2) is 40.5 Å². The molecule has 1 heterocycles. The smallest absolute Gasteiger partial charge is 0.408 e. The minimum absolute atomic E-state index is 0.201. The standard InChI is InChI=1S/C21H39N3O5/c1-8-13(9-2)16-15-17(29-24(16)22)14(18(25)26)11-21(15,10-12(3)4)23-19(27)28-20(5,6)7/h12-17H,8-11,22H2,1-7H3,(H,23,27)(H,25,26)/p-1/t14-,15+,16?,17?,21+/m0/s1. The minimum Gasteiger partial charge on any atom is -0.550 e. The second kappa shape index (κ2) is 8.78. The van der Waals surface area contributed by atoms with Crippen LogP contribution in [-0.2, 0) is 14.4 Å². The van der Waals surface area contributed by atoms with E-state index < -0.39 is 35.2 Å². The Labute approximate surface area is 174 Å². The molecule has 2 rings (SSSR count). The van der Waals surface area contributed by atoms with E-state index in [-0.39, 0.29) is 30.2 Å². The number of nitrogens with two attached hydrogens (primary N) is 1. The molecule has 1 aliphatic heterocycles. The Kier molecular flexibility index (Phi) is 7.23. The van der Waals surface area contributed by atoms with Crippen LogP contribution in [0.25, 0.3) is 0 Å². The van der Waals surface area contributed by atoms with E-state index in [2.05, 4.69) is 33.0 Å². The van der Waals surface area contributed by atoms with Crippen LogP contribution in [0.5, 0.6) is 0 Å². The number of hydrazine groups is 1. The van der Waals surface area contributed by atoms with E-state index in [1.165, 1.54) is 5.17 Å². The first-order chi connectivity index (χ1) is 13.3. The third kappa shape index (κ3) is 5.03. The van der Waals surface area contributed by atoms with Crippen LogP contribution in [0.15, 0.2) is 0 Å². The molecular weight excluding hydrogens is 374 g/mol. The second-order valence-electron chi connectivity index (χ2n) is 10.0. The normalized spacial score (nSPS) is 32.6. The van der Waals surface area contributed by atoms with Gasteiger partial charge in [0.2, 0.25) is 0 Å². The van der Waals surface area contributed by atoms with Crippen molar-refractivity contribution in [1.82, 2.24) is 10.5 Å². The van der Waals surface area contributed by atoms with Crippen molar-refractivity contribution in [3.05, 3.63) is 0 Å². The number of carboxylic acid groups (broad SMARTS) is 1. The van der Waals surface area contributed by atoms with Gasteiger partial charge in [0.15, 0.2) is 0 Å². The Bertz CT molecular complexity index is 602. The van der Waals surface area contributed by atoms with Crippen LogP contribution in [0.1, 0.15) is 74.1 Å². The third-order valence-electron chi connectivity index (χ3n) is 6.23. The molecule has 8 nitrogen and oxygen atoms in total. The molecule has 8 heteroatoms. The molecule has 2 unspecified atom stereocenters. The maximum absolute atomic E-state index is 12.8. The van der Waals surface area contributed by atoms with E-state index in [4.69, 9.17) is 15.4 Å². The molecule has 168 valence electrons. The van der Waals surface area contributed by atoms with Crippen LogP contribution >= 0.6 is 0 Å². The van der Waals surface area contributed by atoms with Crippen molar-refractivity contribution >= 4 is 12.1 Å². The summed E-state index contributed by atoms with van der Waals surface area (Å²) in [5.74, 6) is 4.37. The summed E-state index contributed by atoms with van der Waals surface area (Å²) in [6.45, 7) is 13.7. The van der Waals surface area contributed by atoms with Gasteiger partial charge < -0.3 is 20.0 Å². The molecule has 0 aromatic rings. The number of hydroxylamine groups is 1. The van der Waals surface area contributed by atoms with Gasteiger partial charge in [-0.1, -0.05) is 40.5 Å². The van der Waals surface area contributed by atoms with E-state index >= 15 is 0 Å². The molecule has 29 heavy (non-hydrogen) atoms. The number of carbonyl (C=O) groups excluding carboxylic acids is 2. The molecular formula is C21H38N3O5-. The lowest BCUT2D eigenvalue weighted by atomic mass is 9.72. The van der Waals surface area contributed by atoms with Crippen LogP contribution < -0.4 is 16.3 Å². The number of aliphatic carboxylic acids is 1. The number of amides is 1. The molecule has 2 fully saturated rings. The summed E-state index contributed by atoms with van der Waals surface area (Å²) < 4.78 is 5.53. The van der Waals surface area contributed by atoms with Crippen molar-refractivity contribution in [2.45, 2.75) is 97.4 Å². The van der Waals surface area contributed by atoms with Crippen LogP contribution in [0, 0.1) is 23.7 Å². The highest BCUT2D eigenvalue weighted by molar-refractivity contribution is 5.72. The lowest BCUT2D eigenvalue weighted by Crippen LogP contribution is -2.59. The molecule has 0 spiro atoms. The highest BCUT2D eigenvalue weighted by Gasteiger charge is 2.64. The van der Waals surface area contributed by atoms with Gasteiger partial charge in [-0.15, -0.1) is 5.17 Å². The Morgan fingerprint density at radius 1 is 1.31 bits per heavy atom. The number of alkyl carbamates (subject to hydrolysis) is 1. The van der Waals surface area contributed by atoms with Crippen LogP contribution in [0.2, 0.25) is 0 Å². The molecule has 0 radical (unpaired) electrons. The predicted molar refractivity (Wildman–Crippen MR) is 107 cm³/mol. The van der Waals surface area contributed by atoms with E-state index in [9.17, 15) is 14.7 Å². The minimum atomic E-state index is -1.17. The quantitative estimate of drug-likeness (QED) is 0.614. The molecule has 2 aliphatic rings. The fourth-order valence-corrected chi connectivity index (χ4v) is 5.37. The Hall–Kier alpha value is -1.38. The first-order valence-electron chi connectivity index (χ1n) is 10.8. The maximum Gasteiger partial charge on any atom is 0.408 e. The number of rotatable bonds is 7. The van der Waals surface area contributed by atoms with Gasteiger partial charge in [-0.25, -0.2) is 10.6 Å². The molecule has 1 saturated carbocycles. The van der Waals surface area contributed by atoms with E-state index in [0.717, 1.165) is 12.8 Å². The molecule has 1 amide bonds. The van der Waals surface area contributed by atoms with Gasteiger partial charge in [-0.05, 0) is 45.4 Å².